The molecule has 4 nitrogen and oxygen atoms in total. The van der Waals surface area contributed by atoms with E-state index in [-0.39, 0.29) is 15.7 Å². The lowest BCUT2D eigenvalue weighted by Gasteiger charge is -2.11. The average molecular weight is 405 g/mol. The maximum absolute atomic E-state index is 12.3. The van der Waals surface area contributed by atoms with E-state index in [0.717, 1.165) is 5.56 Å². The van der Waals surface area contributed by atoms with E-state index in [0.29, 0.717) is 24.7 Å². The van der Waals surface area contributed by atoms with Gasteiger partial charge in [0.2, 0.25) is 0 Å². The molecule has 2 aromatic rings. The van der Waals surface area contributed by atoms with Crippen molar-refractivity contribution in [1.29, 1.82) is 0 Å². The summed E-state index contributed by atoms with van der Waals surface area (Å²) in [7, 11) is -4.01. The SMILES string of the molecule is CC.Cc1cc(OCCCCl)cc(OS(=O)(=O)c2ccccc2Cl)c1. The van der Waals surface area contributed by atoms with E-state index < -0.39 is 10.1 Å². The summed E-state index contributed by atoms with van der Waals surface area (Å²) in [5.74, 6) is 1.20. The lowest BCUT2D eigenvalue weighted by Crippen LogP contribution is -2.10. The van der Waals surface area contributed by atoms with Gasteiger partial charge >= 0.3 is 10.1 Å². The zero-order valence-corrected chi connectivity index (χ0v) is 16.8. The molecule has 0 unspecified atom stereocenters. The van der Waals surface area contributed by atoms with Crippen molar-refractivity contribution in [1.82, 2.24) is 0 Å². The van der Waals surface area contributed by atoms with Gasteiger partial charge in [0, 0.05) is 11.9 Å². The molecule has 0 fully saturated rings. The van der Waals surface area contributed by atoms with Crippen molar-refractivity contribution >= 4 is 33.3 Å². The molecule has 0 aromatic heterocycles. The number of benzene rings is 2. The number of aryl methyl sites for hydroxylation is 1. The topological polar surface area (TPSA) is 52.6 Å². The Labute approximate surface area is 159 Å². The predicted molar refractivity (Wildman–Crippen MR) is 103 cm³/mol. The van der Waals surface area contributed by atoms with Gasteiger partial charge < -0.3 is 8.92 Å². The van der Waals surface area contributed by atoms with Crippen LogP contribution in [0.2, 0.25) is 5.02 Å². The molecule has 0 radical (unpaired) electrons. The molecule has 0 bridgehead atoms. The van der Waals surface area contributed by atoms with Crippen molar-refractivity contribution in [2.24, 2.45) is 0 Å². The lowest BCUT2D eigenvalue weighted by molar-refractivity contribution is 0.317. The normalized spacial score (nSPS) is 10.6. The second kappa shape index (κ2) is 10.5. The maximum Gasteiger partial charge on any atom is 0.340 e. The van der Waals surface area contributed by atoms with Gasteiger partial charge in [-0.2, -0.15) is 8.42 Å². The molecule has 0 aliphatic heterocycles. The van der Waals surface area contributed by atoms with E-state index in [2.05, 4.69) is 0 Å². The van der Waals surface area contributed by atoms with E-state index in [1.807, 2.05) is 20.8 Å². The third-order valence-corrected chi connectivity index (χ3v) is 4.90. The quantitative estimate of drug-likeness (QED) is 0.349. The first-order chi connectivity index (χ1) is 11.9. The van der Waals surface area contributed by atoms with Crippen LogP contribution in [-0.2, 0) is 10.1 Å². The van der Waals surface area contributed by atoms with Gasteiger partial charge in [0.25, 0.3) is 0 Å². The molecule has 0 saturated heterocycles. The van der Waals surface area contributed by atoms with Crippen LogP contribution < -0.4 is 8.92 Å². The Balaban J connectivity index is 0.00000151. The first kappa shape index (κ1) is 21.6. The Bertz CT molecular complexity index is 776. The Hall–Kier alpha value is -1.43. The van der Waals surface area contributed by atoms with Crippen LogP contribution in [0.4, 0.5) is 0 Å². The zero-order valence-electron chi connectivity index (χ0n) is 14.5. The molecule has 7 heteroatoms. The summed E-state index contributed by atoms with van der Waals surface area (Å²) in [5.41, 5.74) is 0.817. The first-order valence-electron chi connectivity index (χ1n) is 7.92. The standard InChI is InChI=1S/C16H16Cl2O4S.C2H6/c1-12-9-13(21-8-4-7-17)11-14(10-12)22-23(19,20)16-6-3-2-5-15(16)18;1-2/h2-3,5-6,9-11H,4,7-8H2,1H3;1-2H3. The molecule has 2 aromatic carbocycles. The van der Waals surface area contributed by atoms with Crippen molar-refractivity contribution in [3.63, 3.8) is 0 Å². The van der Waals surface area contributed by atoms with Crippen LogP contribution in [0.15, 0.2) is 47.4 Å². The molecule has 138 valence electrons. The number of hydrogen-bond acceptors (Lipinski definition) is 4. The van der Waals surface area contributed by atoms with Crippen LogP contribution in [0.25, 0.3) is 0 Å². The molecular formula is C18H22Cl2O4S. The van der Waals surface area contributed by atoms with Gasteiger partial charge in [-0.25, -0.2) is 0 Å². The maximum atomic E-state index is 12.3. The van der Waals surface area contributed by atoms with Gasteiger partial charge in [-0.05, 0) is 43.2 Å². The summed E-state index contributed by atoms with van der Waals surface area (Å²) in [4.78, 5) is -0.0761. The number of halogens is 2. The smallest absolute Gasteiger partial charge is 0.340 e. The van der Waals surface area contributed by atoms with Gasteiger partial charge in [0.15, 0.2) is 0 Å². The largest absolute Gasteiger partial charge is 0.493 e. The minimum atomic E-state index is -4.01. The summed E-state index contributed by atoms with van der Waals surface area (Å²) in [5, 5.41) is 0.110. The summed E-state index contributed by atoms with van der Waals surface area (Å²) >= 11 is 11.5. The van der Waals surface area contributed by atoms with E-state index in [1.165, 1.54) is 18.2 Å². The third kappa shape index (κ3) is 6.77. The minimum Gasteiger partial charge on any atom is -0.493 e. The molecule has 0 atom stereocenters. The van der Waals surface area contributed by atoms with Crippen molar-refractivity contribution in [3.05, 3.63) is 53.1 Å². The van der Waals surface area contributed by atoms with E-state index in [4.69, 9.17) is 32.1 Å². The van der Waals surface area contributed by atoms with Crippen LogP contribution >= 0.6 is 23.2 Å². The summed E-state index contributed by atoms with van der Waals surface area (Å²) < 4.78 is 35.4. The number of alkyl halides is 1. The highest BCUT2D eigenvalue weighted by Crippen LogP contribution is 2.28. The van der Waals surface area contributed by atoms with E-state index in [1.54, 1.807) is 24.3 Å². The highest BCUT2D eigenvalue weighted by atomic mass is 35.5. The fourth-order valence-electron chi connectivity index (χ4n) is 1.91. The molecule has 0 N–H and O–H groups in total. The van der Waals surface area contributed by atoms with Crippen molar-refractivity contribution < 1.29 is 17.3 Å². The van der Waals surface area contributed by atoms with Crippen LogP contribution in [0, 0.1) is 6.92 Å². The summed E-state index contributed by atoms with van der Waals surface area (Å²) in [6, 6.07) is 11.1. The Morgan fingerprint density at radius 1 is 1.04 bits per heavy atom. The van der Waals surface area contributed by atoms with E-state index >= 15 is 0 Å². The average Bonchev–Trinajstić information content (AvgIpc) is 2.56. The van der Waals surface area contributed by atoms with Crippen LogP contribution in [0.3, 0.4) is 0 Å². The van der Waals surface area contributed by atoms with Gasteiger partial charge in [-0.3, -0.25) is 0 Å². The fourth-order valence-corrected chi connectivity index (χ4v) is 3.43. The van der Waals surface area contributed by atoms with Crippen LogP contribution in [0.1, 0.15) is 25.8 Å². The predicted octanol–water partition coefficient (Wildman–Crippen LogP) is 5.45. The molecule has 0 saturated carbocycles. The number of hydrogen-bond donors (Lipinski definition) is 0. The van der Waals surface area contributed by atoms with Crippen molar-refractivity contribution in [2.45, 2.75) is 32.1 Å². The van der Waals surface area contributed by atoms with Crippen molar-refractivity contribution in [2.75, 3.05) is 12.5 Å². The van der Waals surface area contributed by atoms with Gasteiger partial charge in [0.05, 0.1) is 11.6 Å². The Morgan fingerprint density at radius 2 is 1.68 bits per heavy atom. The summed E-state index contributed by atoms with van der Waals surface area (Å²) in [6.07, 6.45) is 0.698. The number of ether oxygens (including phenoxy) is 1. The molecular weight excluding hydrogens is 383 g/mol. The highest BCUT2D eigenvalue weighted by Gasteiger charge is 2.20. The van der Waals surface area contributed by atoms with Gasteiger partial charge in [0.1, 0.15) is 16.4 Å². The second-order valence-electron chi connectivity index (χ2n) is 4.84. The molecule has 2 rings (SSSR count). The van der Waals surface area contributed by atoms with Crippen molar-refractivity contribution in [3.8, 4) is 11.5 Å². The third-order valence-electron chi connectivity index (χ3n) is 2.88. The van der Waals surface area contributed by atoms with Gasteiger partial charge in [-0.1, -0.05) is 37.6 Å². The highest BCUT2D eigenvalue weighted by molar-refractivity contribution is 7.87. The Morgan fingerprint density at radius 3 is 2.32 bits per heavy atom. The molecule has 25 heavy (non-hydrogen) atoms. The molecule has 0 aliphatic rings. The molecule has 0 amide bonds. The summed E-state index contributed by atoms with van der Waals surface area (Å²) in [6.45, 7) is 6.27. The monoisotopic (exact) mass is 404 g/mol. The lowest BCUT2D eigenvalue weighted by atomic mass is 10.2. The van der Waals surface area contributed by atoms with Gasteiger partial charge in [-0.15, -0.1) is 11.6 Å². The molecule has 0 aliphatic carbocycles. The Kier molecular flexibility index (Phi) is 9.11. The molecule has 0 spiro atoms. The molecule has 0 heterocycles. The second-order valence-corrected chi connectivity index (χ2v) is 7.14. The first-order valence-corrected chi connectivity index (χ1v) is 10.2. The van der Waals surface area contributed by atoms with Crippen LogP contribution in [0.5, 0.6) is 11.5 Å². The van der Waals surface area contributed by atoms with E-state index in [9.17, 15) is 8.42 Å². The zero-order chi connectivity index (χ0) is 18.9. The minimum absolute atomic E-state index is 0.0761. The fraction of sp³-hybridized carbons (Fsp3) is 0.333. The van der Waals surface area contributed by atoms with Crippen LogP contribution in [-0.4, -0.2) is 20.9 Å². The number of rotatable bonds is 7.